The minimum Gasteiger partial charge on any atom is -0.495 e. The molecule has 2 unspecified atom stereocenters. The molecular weight excluding hydrogens is 178 g/mol. The van der Waals surface area contributed by atoms with Crippen LogP contribution in [0, 0.1) is 0 Å². The van der Waals surface area contributed by atoms with Crippen molar-refractivity contribution in [2.75, 3.05) is 7.11 Å². The van der Waals surface area contributed by atoms with Crippen LogP contribution < -0.4 is 4.74 Å². The second-order valence-corrected chi connectivity index (χ2v) is 3.82. The maximum Gasteiger partial charge on any atom is 0.137 e. The van der Waals surface area contributed by atoms with Gasteiger partial charge < -0.3 is 9.84 Å². The van der Waals surface area contributed by atoms with Crippen molar-refractivity contribution in [3.63, 3.8) is 0 Å². The molecule has 3 heteroatoms. The molecule has 0 aliphatic heterocycles. The molecule has 1 N–H and O–H groups in total. The molecule has 76 valence electrons. The molecule has 1 heterocycles. The Labute approximate surface area is 83.7 Å². The highest BCUT2D eigenvalue weighted by Crippen LogP contribution is 2.34. The Bertz CT molecular complexity index is 314. The van der Waals surface area contributed by atoms with Gasteiger partial charge in [-0.25, -0.2) is 0 Å². The molecule has 0 amide bonds. The third-order valence-electron chi connectivity index (χ3n) is 2.85. The lowest BCUT2D eigenvalue weighted by molar-refractivity contribution is 0.181. The first-order valence-electron chi connectivity index (χ1n) is 4.96. The summed E-state index contributed by atoms with van der Waals surface area (Å²) in [7, 11) is 1.64. The van der Waals surface area contributed by atoms with Gasteiger partial charge in [-0.1, -0.05) is 0 Å². The first kappa shape index (κ1) is 9.46. The molecule has 0 aromatic carbocycles. The van der Waals surface area contributed by atoms with E-state index in [0.29, 0.717) is 5.92 Å². The third-order valence-corrected chi connectivity index (χ3v) is 2.85. The Kier molecular flexibility index (Phi) is 2.68. The van der Waals surface area contributed by atoms with Crippen LogP contribution >= 0.6 is 0 Å². The van der Waals surface area contributed by atoms with E-state index in [-0.39, 0.29) is 6.10 Å². The van der Waals surface area contributed by atoms with E-state index in [1.807, 2.05) is 12.3 Å². The largest absolute Gasteiger partial charge is 0.495 e. The zero-order valence-corrected chi connectivity index (χ0v) is 8.31. The molecule has 0 bridgehead atoms. The van der Waals surface area contributed by atoms with Gasteiger partial charge in [-0.15, -0.1) is 0 Å². The quantitative estimate of drug-likeness (QED) is 0.777. The van der Waals surface area contributed by atoms with Crippen LogP contribution in [0.5, 0.6) is 5.75 Å². The summed E-state index contributed by atoms with van der Waals surface area (Å²) in [6.07, 6.45) is 6.25. The van der Waals surface area contributed by atoms with Crippen molar-refractivity contribution < 1.29 is 9.84 Å². The van der Waals surface area contributed by atoms with Crippen LogP contribution in [0.2, 0.25) is 0 Å². The van der Waals surface area contributed by atoms with E-state index in [1.54, 1.807) is 13.3 Å². The van der Waals surface area contributed by atoms with E-state index < -0.39 is 0 Å². The van der Waals surface area contributed by atoms with Gasteiger partial charge in [-0.3, -0.25) is 4.98 Å². The molecule has 1 fully saturated rings. The molecule has 1 aromatic rings. The summed E-state index contributed by atoms with van der Waals surface area (Å²) in [4.78, 5) is 4.12. The number of ether oxygens (including phenoxy) is 1. The zero-order valence-electron chi connectivity index (χ0n) is 8.31. The SMILES string of the molecule is COc1cncc(C2CCC(O)C2)c1. The molecule has 3 nitrogen and oxygen atoms in total. The Morgan fingerprint density at radius 3 is 2.93 bits per heavy atom. The normalized spacial score (nSPS) is 26.4. The molecule has 0 saturated heterocycles. The Morgan fingerprint density at radius 1 is 1.43 bits per heavy atom. The van der Waals surface area contributed by atoms with Gasteiger partial charge in [-0.2, -0.15) is 0 Å². The van der Waals surface area contributed by atoms with Gasteiger partial charge in [0.1, 0.15) is 5.75 Å². The smallest absolute Gasteiger partial charge is 0.137 e. The average Bonchev–Trinajstić information content (AvgIpc) is 2.65. The highest BCUT2D eigenvalue weighted by molar-refractivity contribution is 5.27. The number of aliphatic hydroxyl groups is 1. The molecule has 1 saturated carbocycles. The Morgan fingerprint density at radius 2 is 2.29 bits per heavy atom. The van der Waals surface area contributed by atoms with Gasteiger partial charge in [0.05, 0.1) is 19.4 Å². The summed E-state index contributed by atoms with van der Waals surface area (Å²) in [5.74, 6) is 1.25. The fraction of sp³-hybridized carbons (Fsp3) is 0.545. The molecule has 2 rings (SSSR count). The molecule has 0 spiro atoms. The van der Waals surface area contributed by atoms with Gasteiger partial charge in [0.2, 0.25) is 0 Å². The van der Waals surface area contributed by atoms with E-state index in [1.165, 1.54) is 5.56 Å². The lowest BCUT2D eigenvalue weighted by Crippen LogP contribution is -2.00. The van der Waals surface area contributed by atoms with Crippen LogP contribution in [0.1, 0.15) is 30.7 Å². The fourth-order valence-electron chi connectivity index (χ4n) is 2.03. The van der Waals surface area contributed by atoms with E-state index in [9.17, 15) is 5.11 Å². The molecule has 1 aliphatic carbocycles. The van der Waals surface area contributed by atoms with E-state index in [4.69, 9.17) is 4.74 Å². The van der Waals surface area contributed by atoms with Crippen molar-refractivity contribution in [2.24, 2.45) is 0 Å². The molecule has 1 aromatic heterocycles. The second kappa shape index (κ2) is 3.96. The van der Waals surface area contributed by atoms with Crippen molar-refractivity contribution >= 4 is 0 Å². The number of methoxy groups -OCH3 is 1. The summed E-state index contributed by atoms with van der Waals surface area (Å²) in [5, 5.41) is 9.44. The standard InChI is InChI=1S/C11H15NO2/c1-14-11-5-9(6-12-7-11)8-2-3-10(13)4-8/h5-8,10,13H,2-4H2,1H3. The van der Waals surface area contributed by atoms with Crippen molar-refractivity contribution in [3.8, 4) is 5.75 Å². The molecule has 0 radical (unpaired) electrons. The van der Waals surface area contributed by atoms with Gasteiger partial charge in [0, 0.05) is 6.20 Å². The van der Waals surface area contributed by atoms with Crippen LogP contribution in [-0.2, 0) is 0 Å². The van der Waals surface area contributed by atoms with Crippen molar-refractivity contribution in [1.82, 2.24) is 4.98 Å². The predicted molar refractivity (Wildman–Crippen MR) is 53.4 cm³/mol. The van der Waals surface area contributed by atoms with Gasteiger partial charge >= 0.3 is 0 Å². The lowest BCUT2D eigenvalue weighted by atomic mass is 9.99. The van der Waals surface area contributed by atoms with Crippen molar-refractivity contribution in [1.29, 1.82) is 0 Å². The highest BCUT2D eigenvalue weighted by atomic mass is 16.5. The second-order valence-electron chi connectivity index (χ2n) is 3.82. The van der Waals surface area contributed by atoms with Crippen LogP contribution in [0.4, 0.5) is 0 Å². The topological polar surface area (TPSA) is 42.4 Å². The maximum absolute atomic E-state index is 9.44. The van der Waals surface area contributed by atoms with Crippen LogP contribution in [-0.4, -0.2) is 23.3 Å². The Hall–Kier alpha value is -1.09. The van der Waals surface area contributed by atoms with Crippen LogP contribution in [0.25, 0.3) is 0 Å². The number of aliphatic hydroxyl groups excluding tert-OH is 1. The van der Waals surface area contributed by atoms with E-state index in [0.717, 1.165) is 25.0 Å². The van der Waals surface area contributed by atoms with Crippen molar-refractivity contribution in [2.45, 2.75) is 31.3 Å². The van der Waals surface area contributed by atoms with Crippen molar-refractivity contribution in [3.05, 3.63) is 24.0 Å². The number of hydrogen-bond donors (Lipinski definition) is 1. The van der Waals surface area contributed by atoms with Gasteiger partial charge in [0.25, 0.3) is 0 Å². The summed E-state index contributed by atoms with van der Waals surface area (Å²) in [6.45, 7) is 0. The highest BCUT2D eigenvalue weighted by Gasteiger charge is 2.24. The summed E-state index contributed by atoms with van der Waals surface area (Å²) in [5.41, 5.74) is 1.18. The fourth-order valence-corrected chi connectivity index (χ4v) is 2.03. The first-order chi connectivity index (χ1) is 6.79. The molecule has 1 aliphatic rings. The van der Waals surface area contributed by atoms with E-state index in [2.05, 4.69) is 4.98 Å². The summed E-state index contributed by atoms with van der Waals surface area (Å²) >= 11 is 0. The molecule has 14 heavy (non-hydrogen) atoms. The summed E-state index contributed by atoms with van der Waals surface area (Å²) in [6, 6.07) is 2.01. The predicted octanol–water partition coefficient (Wildman–Crippen LogP) is 1.72. The third kappa shape index (κ3) is 1.87. The Balaban J connectivity index is 2.15. The van der Waals surface area contributed by atoms with E-state index >= 15 is 0 Å². The van der Waals surface area contributed by atoms with Crippen LogP contribution in [0.15, 0.2) is 18.5 Å². The van der Waals surface area contributed by atoms with Gasteiger partial charge in [0.15, 0.2) is 0 Å². The zero-order chi connectivity index (χ0) is 9.97. The van der Waals surface area contributed by atoms with Gasteiger partial charge in [-0.05, 0) is 36.8 Å². The number of nitrogens with zero attached hydrogens (tertiary/aromatic N) is 1. The lowest BCUT2D eigenvalue weighted by Gasteiger charge is -2.09. The number of hydrogen-bond acceptors (Lipinski definition) is 3. The number of pyridine rings is 1. The molecule has 2 atom stereocenters. The minimum absolute atomic E-state index is 0.133. The number of aromatic nitrogens is 1. The van der Waals surface area contributed by atoms with Crippen LogP contribution in [0.3, 0.4) is 0 Å². The maximum atomic E-state index is 9.44. The first-order valence-corrected chi connectivity index (χ1v) is 4.96. The summed E-state index contributed by atoms with van der Waals surface area (Å²) < 4.78 is 5.12. The molecular formula is C11H15NO2. The monoisotopic (exact) mass is 193 g/mol. The minimum atomic E-state index is -0.133. The average molecular weight is 193 g/mol. The number of rotatable bonds is 2.